The number of nitrogens with one attached hydrogen (secondary N) is 2. The first-order chi connectivity index (χ1) is 8.99. The molecule has 104 valence electrons. The predicted molar refractivity (Wildman–Crippen MR) is 78.5 cm³/mol. The van der Waals surface area contributed by atoms with E-state index in [1.165, 1.54) is 0 Å². The molecule has 0 spiro atoms. The Kier molecular flexibility index (Phi) is 4.71. The number of amides is 1. The molecule has 2 N–H and O–H groups in total. The Morgan fingerprint density at radius 1 is 1.37 bits per heavy atom. The molecule has 0 radical (unpaired) electrons. The summed E-state index contributed by atoms with van der Waals surface area (Å²) in [5.74, 6) is 0.535. The van der Waals surface area contributed by atoms with E-state index in [9.17, 15) is 4.79 Å². The van der Waals surface area contributed by atoms with Gasteiger partial charge in [-0.2, -0.15) is 0 Å². The van der Waals surface area contributed by atoms with Crippen LogP contribution >= 0.6 is 23.2 Å². The van der Waals surface area contributed by atoms with E-state index in [0.29, 0.717) is 16.0 Å². The molecule has 2 unspecified atom stereocenters. The van der Waals surface area contributed by atoms with Gasteiger partial charge in [0.1, 0.15) is 0 Å². The zero-order valence-electron chi connectivity index (χ0n) is 11.0. The Hall–Kier alpha value is -0.770. The third kappa shape index (κ3) is 3.41. The van der Waals surface area contributed by atoms with Crippen LogP contribution in [-0.4, -0.2) is 19.0 Å². The first-order valence-electron chi connectivity index (χ1n) is 6.45. The van der Waals surface area contributed by atoms with Gasteiger partial charge in [-0.25, -0.2) is 0 Å². The van der Waals surface area contributed by atoms with Crippen molar-refractivity contribution in [1.82, 2.24) is 10.6 Å². The van der Waals surface area contributed by atoms with Gasteiger partial charge in [-0.1, -0.05) is 36.2 Å². The maximum absolute atomic E-state index is 12.1. The normalized spacial score (nSPS) is 18.5. The summed E-state index contributed by atoms with van der Waals surface area (Å²) in [5.41, 5.74) is 0.887. The average Bonchev–Trinajstić information content (AvgIpc) is 2.25. The summed E-state index contributed by atoms with van der Waals surface area (Å²) >= 11 is 12.0. The summed E-state index contributed by atoms with van der Waals surface area (Å²) in [7, 11) is 0. The highest BCUT2D eigenvalue weighted by Crippen LogP contribution is 2.26. The van der Waals surface area contributed by atoms with Gasteiger partial charge in [0.15, 0.2) is 0 Å². The molecule has 1 saturated heterocycles. The molecule has 0 saturated carbocycles. The van der Waals surface area contributed by atoms with E-state index in [0.717, 1.165) is 18.7 Å². The molecule has 1 fully saturated rings. The van der Waals surface area contributed by atoms with Crippen LogP contribution in [-0.2, 0) is 4.79 Å². The molecule has 19 heavy (non-hydrogen) atoms. The van der Waals surface area contributed by atoms with Crippen LogP contribution in [0.25, 0.3) is 0 Å². The van der Waals surface area contributed by atoms with Crippen molar-refractivity contribution in [2.45, 2.75) is 19.9 Å². The van der Waals surface area contributed by atoms with E-state index in [1.807, 2.05) is 19.9 Å². The molecule has 3 nitrogen and oxygen atoms in total. The molecule has 1 aliphatic rings. The Labute approximate surface area is 123 Å². The van der Waals surface area contributed by atoms with E-state index < -0.39 is 0 Å². The van der Waals surface area contributed by atoms with E-state index in [1.54, 1.807) is 12.1 Å². The average molecular weight is 301 g/mol. The van der Waals surface area contributed by atoms with Crippen molar-refractivity contribution in [3.05, 3.63) is 33.8 Å². The van der Waals surface area contributed by atoms with Crippen LogP contribution < -0.4 is 10.6 Å². The molecule has 1 heterocycles. The highest BCUT2D eigenvalue weighted by molar-refractivity contribution is 6.35. The van der Waals surface area contributed by atoms with Crippen molar-refractivity contribution in [3.8, 4) is 0 Å². The van der Waals surface area contributed by atoms with Gasteiger partial charge < -0.3 is 10.6 Å². The zero-order chi connectivity index (χ0) is 14.0. The van der Waals surface area contributed by atoms with Gasteiger partial charge in [-0.05, 0) is 43.6 Å². The topological polar surface area (TPSA) is 41.1 Å². The van der Waals surface area contributed by atoms with E-state index in [2.05, 4.69) is 10.6 Å². The number of halogens is 2. The maximum Gasteiger partial charge on any atom is 0.223 e. The fourth-order valence-corrected chi connectivity index (χ4v) is 2.73. The number of carbonyl (C=O) groups is 1. The second-order valence-corrected chi connectivity index (χ2v) is 5.95. The van der Waals surface area contributed by atoms with Crippen molar-refractivity contribution in [1.29, 1.82) is 0 Å². The highest BCUT2D eigenvalue weighted by atomic mass is 35.5. The Balaban J connectivity index is 1.99. The van der Waals surface area contributed by atoms with Crippen molar-refractivity contribution in [2.75, 3.05) is 13.1 Å². The molecule has 1 aromatic carbocycles. The predicted octanol–water partition coefficient (Wildman–Crippen LogP) is 3.03. The first-order valence-corrected chi connectivity index (χ1v) is 7.20. The summed E-state index contributed by atoms with van der Waals surface area (Å²) in [5, 5.41) is 7.37. The monoisotopic (exact) mass is 300 g/mol. The summed E-state index contributed by atoms with van der Waals surface area (Å²) in [6.45, 7) is 5.74. The van der Waals surface area contributed by atoms with E-state index in [4.69, 9.17) is 23.2 Å². The number of hydrogen-bond acceptors (Lipinski definition) is 2. The minimum atomic E-state index is -0.118. The number of hydrogen-bond donors (Lipinski definition) is 2. The molecule has 0 bridgehead atoms. The molecule has 1 amide bonds. The SMILES string of the molecule is CC(NC(=O)C(C)C1CNC1)c1ccc(Cl)cc1Cl. The van der Waals surface area contributed by atoms with Crippen molar-refractivity contribution < 1.29 is 4.79 Å². The number of rotatable bonds is 4. The van der Waals surface area contributed by atoms with Crippen molar-refractivity contribution >= 4 is 29.1 Å². The van der Waals surface area contributed by atoms with Gasteiger partial charge in [0, 0.05) is 16.0 Å². The molecular weight excluding hydrogens is 283 g/mol. The largest absolute Gasteiger partial charge is 0.349 e. The lowest BCUT2D eigenvalue weighted by Crippen LogP contribution is -2.49. The Morgan fingerprint density at radius 3 is 2.58 bits per heavy atom. The molecule has 2 rings (SSSR count). The van der Waals surface area contributed by atoms with Crippen LogP contribution in [0.1, 0.15) is 25.5 Å². The summed E-state index contributed by atoms with van der Waals surface area (Å²) in [6.07, 6.45) is 0. The van der Waals surface area contributed by atoms with Crippen LogP contribution in [0.5, 0.6) is 0 Å². The molecule has 2 atom stereocenters. The van der Waals surface area contributed by atoms with Gasteiger partial charge in [-0.15, -0.1) is 0 Å². The van der Waals surface area contributed by atoms with Crippen LogP contribution in [0.2, 0.25) is 10.0 Å². The molecule has 5 heteroatoms. The lowest BCUT2D eigenvalue weighted by Gasteiger charge is -2.32. The first kappa shape index (κ1) is 14.6. The second-order valence-electron chi connectivity index (χ2n) is 5.10. The molecule has 1 aromatic rings. The Morgan fingerprint density at radius 2 is 2.05 bits per heavy atom. The van der Waals surface area contributed by atoms with Crippen LogP contribution in [0.4, 0.5) is 0 Å². The summed E-state index contributed by atoms with van der Waals surface area (Å²) in [6, 6.07) is 5.21. The molecule has 0 aliphatic carbocycles. The lowest BCUT2D eigenvalue weighted by molar-refractivity contribution is -0.127. The molecule has 0 aromatic heterocycles. The minimum absolute atomic E-state index is 0.0229. The second kappa shape index (κ2) is 6.12. The van der Waals surface area contributed by atoms with E-state index >= 15 is 0 Å². The summed E-state index contributed by atoms with van der Waals surface area (Å²) < 4.78 is 0. The third-order valence-corrected chi connectivity index (χ3v) is 4.28. The van der Waals surface area contributed by atoms with Crippen molar-refractivity contribution in [2.24, 2.45) is 11.8 Å². The van der Waals surface area contributed by atoms with Gasteiger partial charge >= 0.3 is 0 Å². The maximum atomic E-state index is 12.1. The van der Waals surface area contributed by atoms with Crippen LogP contribution in [0.15, 0.2) is 18.2 Å². The van der Waals surface area contributed by atoms with Gasteiger partial charge in [0.2, 0.25) is 5.91 Å². The fourth-order valence-electron chi connectivity index (χ4n) is 2.15. The Bertz CT molecular complexity index is 475. The smallest absolute Gasteiger partial charge is 0.223 e. The number of carbonyl (C=O) groups excluding carboxylic acids is 1. The van der Waals surface area contributed by atoms with Crippen molar-refractivity contribution in [3.63, 3.8) is 0 Å². The van der Waals surface area contributed by atoms with Crippen LogP contribution in [0, 0.1) is 11.8 Å². The van der Waals surface area contributed by atoms with Gasteiger partial charge in [0.25, 0.3) is 0 Å². The molecule has 1 aliphatic heterocycles. The fraction of sp³-hybridized carbons (Fsp3) is 0.500. The lowest BCUT2D eigenvalue weighted by atomic mass is 9.88. The van der Waals surface area contributed by atoms with E-state index in [-0.39, 0.29) is 17.9 Å². The number of benzene rings is 1. The van der Waals surface area contributed by atoms with Gasteiger partial charge in [0.05, 0.1) is 6.04 Å². The quantitative estimate of drug-likeness (QED) is 0.897. The third-order valence-electron chi connectivity index (χ3n) is 3.72. The zero-order valence-corrected chi connectivity index (χ0v) is 12.6. The van der Waals surface area contributed by atoms with Gasteiger partial charge in [-0.3, -0.25) is 4.79 Å². The minimum Gasteiger partial charge on any atom is -0.349 e. The highest BCUT2D eigenvalue weighted by Gasteiger charge is 2.29. The standard InChI is InChI=1S/C14H18Cl2N2O/c1-8(10-6-17-7-10)14(19)18-9(2)12-4-3-11(15)5-13(12)16/h3-5,8-10,17H,6-7H2,1-2H3,(H,18,19). The summed E-state index contributed by atoms with van der Waals surface area (Å²) in [4.78, 5) is 12.1. The molecular formula is C14H18Cl2N2O. The van der Waals surface area contributed by atoms with Crippen LogP contribution in [0.3, 0.4) is 0 Å².